The molecule has 1 atom stereocenters. The number of rotatable bonds is 3. The third kappa shape index (κ3) is 1.97. The van der Waals surface area contributed by atoms with Gasteiger partial charge in [0.15, 0.2) is 11.5 Å². The van der Waals surface area contributed by atoms with Crippen LogP contribution in [0.1, 0.15) is 24.0 Å². The molecule has 0 aliphatic carbocycles. The van der Waals surface area contributed by atoms with Gasteiger partial charge in [-0.25, -0.2) is 4.39 Å². The van der Waals surface area contributed by atoms with Crippen molar-refractivity contribution in [1.29, 1.82) is 0 Å². The SMILES string of the molecule is CC(CN)c1cc(CF)cc2c1OCCO2. The van der Waals surface area contributed by atoms with Crippen molar-refractivity contribution >= 4 is 0 Å². The fourth-order valence-electron chi connectivity index (χ4n) is 1.81. The van der Waals surface area contributed by atoms with Gasteiger partial charge in [0, 0.05) is 5.56 Å². The Labute approximate surface area is 94.3 Å². The van der Waals surface area contributed by atoms with Crippen LogP contribution in [-0.2, 0) is 6.67 Å². The van der Waals surface area contributed by atoms with Gasteiger partial charge in [-0.05, 0) is 30.2 Å². The topological polar surface area (TPSA) is 44.5 Å². The summed E-state index contributed by atoms with van der Waals surface area (Å²) in [7, 11) is 0. The summed E-state index contributed by atoms with van der Waals surface area (Å²) < 4.78 is 23.8. The molecule has 1 aliphatic heterocycles. The van der Waals surface area contributed by atoms with Crippen molar-refractivity contribution in [3.05, 3.63) is 23.3 Å². The lowest BCUT2D eigenvalue weighted by molar-refractivity contribution is 0.169. The van der Waals surface area contributed by atoms with Crippen LogP contribution in [0.4, 0.5) is 4.39 Å². The maximum Gasteiger partial charge on any atom is 0.164 e. The standard InChI is InChI=1S/C12H16FNO2/c1-8(7-14)10-4-9(6-13)5-11-12(10)16-3-2-15-11/h4-5,8H,2-3,6-7,14H2,1H3. The third-order valence-corrected chi connectivity index (χ3v) is 2.77. The van der Waals surface area contributed by atoms with E-state index < -0.39 is 6.67 Å². The number of ether oxygens (including phenoxy) is 2. The molecule has 1 aromatic rings. The first-order valence-electron chi connectivity index (χ1n) is 5.44. The summed E-state index contributed by atoms with van der Waals surface area (Å²) in [5.41, 5.74) is 7.19. The average molecular weight is 225 g/mol. The average Bonchev–Trinajstić information content (AvgIpc) is 2.36. The minimum atomic E-state index is -0.499. The molecule has 1 unspecified atom stereocenters. The normalized spacial score (nSPS) is 15.9. The summed E-state index contributed by atoms with van der Waals surface area (Å²) in [6.45, 7) is 3.05. The summed E-state index contributed by atoms with van der Waals surface area (Å²) in [5.74, 6) is 1.50. The van der Waals surface area contributed by atoms with Gasteiger partial charge in [0.1, 0.15) is 19.9 Å². The second-order valence-corrected chi connectivity index (χ2v) is 3.98. The van der Waals surface area contributed by atoms with Crippen LogP contribution in [0.3, 0.4) is 0 Å². The van der Waals surface area contributed by atoms with Gasteiger partial charge in [0.05, 0.1) is 0 Å². The van der Waals surface area contributed by atoms with Crippen molar-refractivity contribution in [3.8, 4) is 11.5 Å². The van der Waals surface area contributed by atoms with E-state index in [9.17, 15) is 4.39 Å². The Bertz CT molecular complexity index is 382. The number of fused-ring (bicyclic) bond motifs is 1. The highest BCUT2D eigenvalue weighted by Gasteiger charge is 2.20. The zero-order valence-electron chi connectivity index (χ0n) is 9.33. The van der Waals surface area contributed by atoms with Crippen LogP contribution in [-0.4, -0.2) is 19.8 Å². The van der Waals surface area contributed by atoms with E-state index in [4.69, 9.17) is 15.2 Å². The van der Waals surface area contributed by atoms with Gasteiger partial charge < -0.3 is 15.2 Å². The Hall–Kier alpha value is -1.29. The molecular weight excluding hydrogens is 209 g/mol. The van der Waals surface area contributed by atoms with E-state index in [1.165, 1.54) is 0 Å². The smallest absolute Gasteiger partial charge is 0.164 e. The summed E-state index contributed by atoms with van der Waals surface area (Å²) in [5, 5.41) is 0. The molecule has 0 aromatic heterocycles. The molecule has 0 saturated heterocycles. The molecule has 0 bridgehead atoms. The molecule has 0 radical (unpaired) electrons. The zero-order valence-corrected chi connectivity index (χ0v) is 9.33. The minimum absolute atomic E-state index is 0.141. The lowest BCUT2D eigenvalue weighted by Gasteiger charge is -2.24. The van der Waals surface area contributed by atoms with Gasteiger partial charge in [0.25, 0.3) is 0 Å². The van der Waals surface area contributed by atoms with Crippen molar-refractivity contribution in [3.63, 3.8) is 0 Å². The predicted octanol–water partition coefficient (Wildman–Crippen LogP) is 1.99. The van der Waals surface area contributed by atoms with Gasteiger partial charge in [-0.1, -0.05) is 6.92 Å². The summed E-state index contributed by atoms with van der Waals surface area (Å²) in [6, 6.07) is 3.51. The van der Waals surface area contributed by atoms with Crippen LogP contribution in [0.2, 0.25) is 0 Å². The quantitative estimate of drug-likeness (QED) is 0.855. The van der Waals surface area contributed by atoms with Gasteiger partial charge >= 0.3 is 0 Å². The molecule has 1 aromatic carbocycles. The van der Waals surface area contributed by atoms with E-state index in [0.717, 1.165) is 11.3 Å². The first-order chi connectivity index (χ1) is 7.76. The monoisotopic (exact) mass is 225 g/mol. The van der Waals surface area contributed by atoms with Gasteiger partial charge in [-0.3, -0.25) is 0 Å². The zero-order chi connectivity index (χ0) is 11.5. The summed E-state index contributed by atoms with van der Waals surface area (Å²) in [4.78, 5) is 0. The van der Waals surface area contributed by atoms with E-state index in [1.807, 2.05) is 13.0 Å². The molecule has 1 aliphatic rings. The first-order valence-corrected chi connectivity index (χ1v) is 5.44. The summed E-state index contributed by atoms with van der Waals surface area (Å²) >= 11 is 0. The van der Waals surface area contributed by atoms with Crippen LogP contribution in [0.5, 0.6) is 11.5 Å². The summed E-state index contributed by atoms with van der Waals surface area (Å²) in [6.07, 6.45) is 0. The van der Waals surface area contributed by atoms with Crippen LogP contribution >= 0.6 is 0 Å². The second kappa shape index (κ2) is 4.70. The molecule has 0 fully saturated rings. The van der Waals surface area contributed by atoms with Crippen LogP contribution in [0.15, 0.2) is 12.1 Å². The molecule has 0 saturated carbocycles. The van der Waals surface area contributed by atoms with E-state index in [0.29, 0.717) is 31.1 Å². The van der Waals surface area contributed by atoms with Gasteiger partial charge in [-0.2, -0.15) is 0 Å². The lowest BCUT2D eigenvalue weighted by atomic mass is 9.97. The van der Waals surface area contributed by atoms with Crippen molar-refractivity contribution in [2.75, 3.05) is 19.8 Å². The van der Waals surface area contributed by atoms with E-state index >= 15 is 0 Å². The number of alkyl halides is 1. The Morgan fingerprint density at radius 1 is 1.38 bits per heavy atom. The third-order valence-electron chi connectivity index (χ3n) is 2.77. The maximum atomic E-state index is 12.7. The van der Waals surface area contributed by atoms with Crippen LogP contribution in [0, 0.1) is 0 Å². The number of benzene rings is 1. The molecule has 0 spiro atoms. The first kappa shape index (κ1) is 11.2. The predicted molar refractivity (Wildman–Crippen MR) is 59.7 cm³/mol. The minimum Gasteiger partial charge on any atom is -0.486 e. The van der Waals surface area contributed by atoms with Crippen LogP contribution in [0.25, 0.3) is 0 Å². The lowest BCUT2D eigenvalue weighted by Crippen LogP contribution is -2.19. The number of nitrogens with two attached hydrogens (primary N) is 1. The largest absolute Gasteiger partial charge is 0.486 e. The Morgan fingerprint density at radius 3 is 2.81 bits per heavy atom. The highest BCUT2D eigenvalue weighted by Crippen LogP contribution is 2.38. The Balaban J connectivity index is 2.47. The molecule has 0 amide bonds. The maximum absolute atomic E-state index is 12.7. The van der Waals surface area contributed by atoms with Gasteiger partial charge in [0.2, 0.25) is 0 Å². The Kier molecular flexibility index (Phi) is 3.29. The molecule has 2 rings (SSSR count). The van der Waals surface area contributed by atoms with Gasteiger partial charge in [-0.15, -0.1) is 0 Å². The fourth-order valence-corrected chi connectivity index (χ4v) is 1.81. The molecule has 4 heteroatoms. The second-order valence-electron chi connectivity index (χ2n) is 3.98. The highest BCUT2D eigenvalue weighted by molar-refractivity contribution is 5.51. The van der Waals surface area contributed by atoms with E-state index in [1.54, 1.807) is 6.07 Å². The van der Waals surface area contributed by atoms with Crippen molar-refractivity contribution in [2.24, 2.45) is 5.73 Å². The fraction of sp³-hybridized carbons (Fsp3) is 0.500. The van der Waals surface area contributed by atoms with Crippen molar-refractivity contribution < 1.29 is 13.9 Å². The van der Waals surface area contributed by atoms with E-state index in [-0.39, 0.29) is 5.92 Å². The highest BCUT2D eigenvalue weighted by atomic mass is 19.1. The van der Waals surface area contributed by atoms with Crippen LogP contribution < -0.4 is 15.2 Å². The molecule has 88 valence electrons. The molecule has 2 N–H and O–H groups in total. The number of hydrogen-bond acceptors (Lipinski definition) is 3. The molecule has 1 heterocycles. The Morgan fingerprint density at radius 2 is 2.12 bits per heavy atom. The van der Waals surface area contributed by atoms with Crippen molar-refractivity contribution in [2.45, 2.75) is 19.5 Å². The molecule has 3 nitrogen and oxygen atoms in total. The number of hydrogen-bond donors (Lipinski definition) is 1. The molecular formula is C12H16FNO2. The van der Waals surface area contributed by atoms with Crippen molar-refractivity contribution in [1.82, 2.24) is 0 Å². The molecule has 16 heavy (non-hydrogen) atoms. The van der Waals surface area contributed by atoms with E-state index in [2.05, 4.69) is 0 Å². The number of halogens is 1.